The molecule has 0 atom stereocenters. The van der Waals surface area contributed by atoms with Gasteiger partial charge in [0.2, 0.25) is 5.91 Å². The maximum atomic E-state index is 11.7. The average Bonchev–Trinajstić information content (AvgIpc) is 1.89. The van der Waals surface area contributed by atoms with Gasteiger partial charge < -0.3 is 10.1 Å². The molecule has 0 saturated heterocycles. The Hall–Kier alpha value is -0.570. The summed E-state index contributed by atoms with van der Waals surface area (Å²) in [6.07, 6.45) is 3.62. The Morgan fingerprint density at radius 3 is 2.27 bits per heavy atom. The maximum Gasteiger partial charge on any atom is 0.220 e. The summed E-state index contributed by atoms with van der Waals surface area (Å²) in [4.78, 5) is 11.7. The SMILES string of the molecule is COC12CC(NC(=O)CC(C)(C)C)(C1)C2. The summed E-state index contributed by atoms with van der Waals surface area (Å²) >= 11 is 0. The Bertz CT molecular complexity index is 271. The fraction of sp³-hybridized carbons (Fsp3) is 0.917. The van der Waals surface area contributed by atoms with Crippen molar-refractivity contribution in [1.82, 2.24) is 5.32 Å². The lowest BCUT2D eigenvalue weighted by atomic mass is 9.46. The number of nitrogens with one attached hydrogen (secondary N) is 1. The summed E-state index contributed by atoms with van der Waals surface area (Å²) in [5.41, 5.74) is 0.292. The molecule has 1 N–H and O–H groups in total. The molecule has 3 fully saturated rings. The maximum absolute atomic E-state index is 11.7. The highest BCUT2D eigenvalue weighted by molar-refractivity contribution is 5.78. The summed E-state index contributed by atoms with van der Waals surface area (Å²) in [7, 11) is 1.76. The fourth-order valence-electron chi connectivity index (χ4n) is 2.87. The van der Waals surface area contributed by atoms with Gasteiger partial charge in [-0.2, -0.15) is 0 Å². The van der Waals surface area contributed by atoms with Gasteiger partial charge in [0.1, 0.15) is 0 Å². The standard InChI is InChI=1S/C12H21NO2/c1-10(2,3)5-9(14)13-11-6-12(7-11,8-11)15-4/h5-8H2,1-4H3,(H,13,14). The predicted octanol–water partition coefficient (Wildman–Crippen LogP) is 1.86. The second-order valence-electron chi connectivity index (χ2n) is 6.48. The molecule has 0 aromatic rings. The second-order valence-corrected chi connectivity index (χ2v) is 6.48. The van der Waals surface area contributed by atoms with Gasteiger partial charge in [-0.15, -0.1) is 0 Å². The number of hydrogen-bond donors (Lipinski definition) is 1. The van der Waals surface area contributed by atoms with E-state index in [1.807, 2.05) is 0 Å². The molecule has 3 heteroatoms. The molecule has 0 aliphatic heterocycles. The molecule has 0 radical (unpaired) electrons. The van der Waals surface area contributed by atoms with Gasteiger partial charge >= 0.3 is 0 Å². The second kappa shape index (κ2) is 2.97. The predicted molar refractivity (Wildman–Crippen MR) is 58.5 cm³/mol. The first-order valence-corrected chi connectivity index (χ1v) is 5.64. The summed E-state index contributed by atoms with van der Waals surface area (Å²) in [5, 5.41) is 3.16. The van der Waals surface area contributed by atoms with E-state index in [0.29, 0.717) is 6.42 Å². The van der Waals surface area contributed by atoms with Crippen LogP contribution >= 0.6 is 0 Å². The van der Waals surface area contributed by atoms with Gasteiger partial charge in [0, 0.05) is 19.1 Å². The highest BCUT2D eigenvalue weighted by Crippen LogP contribution is 2.62. The van der Waals surface area contributed by atoms with Gasteiger partial charge in [-0.1, -0.05) is 20.8 Å². The van der Waals surface area contributed by atoms with E-state index >= 15 is 0 Å². The lowest BCUT2D eigenvalue weighted by Crippen LogP contribution is -2.79. The van der Waals surface area contributed by atoms with Crippen LogP contribution in [0.4, 0.5) is 0 Å². The van der Waals surface area contributed by atoms with E-state index in [1.165, 1.54) is 0 Å². The number of methoxy groups -OCH3 is 1. The first kappa shape index (κ1) is 10.9. The quantitative estimate of drug-likeness (QED) is 0.773. The minimum Gasteiger partial charge on any atom is -0.378 e. The Labute approximate surface area is 91.6 Å². The molecule has 15 heavy (non-hydrogen) atoms. The van der Waals surface area contributed by atoms with E-state index in [2.05, 4.69) is 26.1 Å². The van der Waals surface area contributed by atoms with Crippen molar-refractivity contribution in [2.75, 3.05) is 7.11 Å². The smallest absolute Gasteiger partial charge is 0.220 e. The van der Waals surface area contributed by atoms with Crippen LogP contribution in [-0.2, 0) is 9.53 Å². The Morgan fingerprint density at radius 2 is 1.87 bits per heavy atom. The van der Waals surface area contributed by atoms with Gasteiger partial charge in [-0.05, 0) is 24.7 Å². The minimum atomic E-state index is 0.0760. The molecular weight excluding hydrogens is 190 g/mol. The molecular formula is C12H21NO2. The highest BCUT2D eigenvalue weighted by atomic mass is 16.5. The van der Waals surface area contributed by atoms with Crippen LogP contribution in [0.5, 0.6) is 0 Å². The van der Waals surface area contributed by atoms with Crippen LogP contribution in [0.1, 0.15) is 46.5 Å². The van der Waals surface area contributed by atoms with E-state index in [4.69, 9.17) is 4.74 Å². The molecule has 0 aromatic carbocycles. The third-order valence-electron chi connectivity index (χ3n) is 3.51. The van der Waals surface area contributed by atoms with Crippen molar-refractivity contribution in [2.45, 2.75) is 57.6 Å². The molecule has 0 aromatic heterocycles. The average molecular weight is 211 g/mol. The van der Waals surface area contributed by atoms with E-state index < -0.39 is 0 Å². The number of amides is 1. The van der Waals surface area contributed by atoms with Crippen LogP contribution < -0.4 is 5.32 Å². The Kier molecular flexibility index (Phi) is 2.16. The summed E-state index contributed by atoms with van der Waals surface area (Å²) in [6, 6.07) is 0. The van der Waals surface area contributed by atoms with Crippen molar-refractivity contribution in [3.8, 4) is 0 Å². The number of ether oxygens (including phenoxy) is 1. The van der Waals surface area contributed by atoms with Crippen molar-refractivity contribution in [2.24, 2.45) is 5.41 Å². The molecule has 0 spiro atoms. The number of hydrogen-bond acceptors (Lipinski definition) is 2. The number of carbonyl (C=O) groups is 1. The van der Waals surface area contributed by atoms with E-state index in [0.717, 1.165) is 19.3 Å². The van der Waals surface area contributed by atoms with Gasteiger partial charge in [-0.25, -0.2) is 0 Å². The zero-order chi connectivity index (χ0) is 11.3. The molecule has 0 heterocycles. The van der Waals surface area contributed by atoms with E-state index in [-0.39, 0.29) is 22.5 Å². The van der Waals surface area contributed by atoms with Crippen LogP contribution in [0.15, 0.2) is 0 Å². The van der Waals surface area contributed by atoms with Crippen LogP contribution in [-0.4, -0.2) is 24.2 Å². The number of rotatable bonds is 3. The minimum absolute atomic E-state index is 0.0760. The molecule has 1 amide bonds. The van der Waals surface area contributed by atoms with Crippen molar-refractivity contribution in [3.63, 3.8) is 0 Å². The third-order valence-corrected chi connectivity index (χ3v) is 3.51. The van der Waals surface area contributed by atoms with E-state index in [9.17, 15) is 4.79 Å². The monoisotopic (exact) mass is 211 g/mol. The van der Waals surface area contributed by atoms with Crippen molar-refractivity contribution in [3.05, 3.63) is 0 Å². The molecule has 3 nitrogen and oxygen atoms in total. The molecule has 3 rings (SSSR count). The topological polar surface area (TPSA) is 38.3 Å². The molecule has 3 aliphatic rings. The van der Waals surface area contributed by atoms with Gasteiger partial charge in [0.05, 0.1) is 5.60 Å². The van der Waals surface area contributed by atoms with Crippen molar-refractivity contribution >= 4 is 5.91 Å². The zero-order valence-electron chi connectivity index (χ0n) is 10.1. The van der Waals surface area contributed by atoms with Gasteiger partial charge in [0.15, 0.2) is 0 Å². The van der Waals surface area contributed by atoms with Crippen LogP contribution in [0.3, 0.4) is 0 Å². The lowest BCUT2D eigenvalue weighted by Gasteiger charge is -2.69. The fourth-order valence-corrected chi connectivity index (χ4v) is 2.87. The molecule has 3 aliphatic carbocycles. The van der Waals surface area contributed by atoms with Crippen LogP contribution in [0, 0.1) is 5.41 Å². The van der Waals surface area contributed by atoms with Gasteiger partial charge in [0.25, 0.3) is 0 Å². The number of carbonyl (C=O) groups excluding carboxylic acids is 1. The first-order valence-electron chi connectivity index (χ1n) is 5.64. The van der Waals surface area contributed by atoms with Gasteiger partial charge in [-0.3, -0.25) is 4.79 Å². The Morgan fingerprint density at radius 1 is 1.33 bits per heavy atom. The van der Waals surface area contributed by atoms with Crippen molar-refractivity contribution in [1.29, 1.82) is 0 Å². The highest BCUT2D eigenvalue weighted by Gasteiger charge is 2.69. The first-order chi connectivity index (χ1) is 6.78. The Balaban J connectivity index is 1.79. The normalized spacial score (nSPS) is 37.9. The van der Waals surface area contributed by atoms with E-state index in [1.54, 1.807) is 7.11 Å². The van der Waals surface area contributed by atoms with Crippen LogP contribution in [0.2, 0.25) is 0 Å². The lowest BCUT2D eigenvalue weighted by molar-refractivity contribution is -0.237. The third kappa shape index (κ3) is 1.89. The molecule has 0 unspecified atom stereocenters. The summed E-state index contributed by atoms with van der Waals surface area (Å²) in [6.45, 7) is 6.27. The van der Waals surface area contributed by atoms with Crippen molar-refractivity contribution < 1.29 is 9.53 Å². The largest absolute Gasteiger partial charge is 0.378 e. The summed E-state index contributed by atoms with van der Waals surface area (Å²) in [5.74, 6) is 0.187. The summed E-state index contributed by atoms with van der Waals surface area (Å²) < 4.78 is 5.40. The molecule has 86 valence electrons. The molecule has 3 saturated carbocycles. The van der Waals surface area contributed by atoms with Crippen LogP contribution in [0.25, 0.3) is 0 Å². The zero-order valence-corrected chi connectivity index (χ0v) is 10.1. The molecule has 2 bridgehead atoms.